The predicted molar refractivity (Wildman–Crippen MR) is 68.2 cm³/mol. The molecule has 5 heteroatoms. The number of imidazole rings is 1. The van der Waals surface area contributed by atoms with Crippen molar-refractivity contribution in [3.63, 3.8) is 0 Å². The molecule has 94 valence electrons. The van der Waals surface area contributed by atoms with Crippen LogP contribution in [0.3, 0.4) is 0 Å². The Balaban J connectivity index is 2.14. The lowest BCUT2D eigenvalue weighted by atomic mass is 9.92. The van der Waals surface area contributed by atoms with E-state index in [4.69, 9.17) is 0 Å². The topological polar surface area (TPSA) is 57.8 Å². The van der Waals surface area contributed by atoms with E-state index in [9.17, 15) is 9.90 Å². The summed E-state index contributed by atoms with van der Waals surface area (Å²) in [6.07, 6.45) is 5.18. The van der Waals surface area contributed by atoms with Gasteiger partial charge in [-0.25, -0.2) is 9.78 Å². The van der Waals surface area contributed by atoms with Gasteiger partial charge in [0.05, 0.1) is 0 Å². The van der Waals surface area contributed by atoms with Crippen LogP contribution >= 0.6 is 0 Å². The minimum absolute atomic E-state index is 0.250. The van der Waals surface area contributed by atoms with Gasteiger partial charge >= 0.3 is 5.97 Å². The van der Waals surface area contributed by atoms with Gasteiger partial charge in [0.25, 0.3) is 0 Å². The summed E-state index contributed by atoms with van der Waals surface area (Å²) in [5.41, 5.74) is 0.927. The number of pyridine rings is 1. The first-order chi connectivity index (χ1) is 8.68. The van der Waals surface area contributed by atoms with Crippen LogP contribution in [0.4, 0.5) is 5.82 Å². The molecule has 2 aromatic heterocycles. The summed E-state index contributed by atoms with van der Waals surface area (Å²) < 4.78 is 1.63. The van der Waals surface area contributed by atoms with Gasteiger partial charge in [0.1, 0.15) is 5.65 Å². The normalized spacial score (nSPS) is 15.6. The van der Waals surface area contributed by atoms with E-state index >= 15 is 0 Å². The number of fused-ring (bicyclic) bond motifs is 1. The van der Waals surface area contributed by atoms with Crippen LogP contribution in [0.5, 0.6) is 0 Å². The molecule has 0 spiro atoms. The average molecular weight is 245 g/mol. The van der Waals surface area contributed by atoms with E-state index in [-0.39, 0.29) is 5.69 Å². The van der Waals surface area contributed by atoms with Crippen LogP contribution in [0, 0.1) is 0 Å². The van der Waals surface area contributed by atoms with Crippen LogP contribution in [0.15, 0.2) is 24.4 Å². The number of aromatic nitrogens is 2. The largest absolute Gasteiger partial charge is 0.476 e. The molecule has 0 unspecified atom stereocenters. The van der Waals surface area contributed by atoms with Crippen molar-refractivity contribution < 1.29 is 9.90 Å². The number of rotatable bonds is 3. The number of aromatic carboxylic acids is 1. The highest BCUT2D eigenvalue weighted by Crippen LogP contribution is 2.30. The number of hydrogen-bond acceptors (Lipinski definition) is 3. The molecule has 0 bridgehead atoms. The van der Waals surface area contributed by atoms with Gasteiger partial charge in [-0.1, -0.05) is 6.07 Å². The Morgan fingerprint density at radius 3 is 2.89 bits per heavy atom. The van der Waals surface area contributed by atoms with Crippen molar-refractivity contribution in [2.24, 2.45) is 0 Å². The lowest BCUT2D eigenvalue weighted by Crippen LogP contribution is -2.38. The third kappa shape index (κ3) is 1.54. The van der Waals surface area contributed by atoms with Gasteiger partial charge in [-0.05, 0) is 31.4 Å². The quantitative estimate of drug-likeness (QED) is 0.898. The number of carboxylic acids is 1. The SMILES string of the molecule is CN(c1nc2ccccn2c1C(=O)O)C1CCC1. The number of hydrogen-bond donors (Lipinski definition) is 1. The number of nitrogens with zero attached hydrogens (tertiary/aromatic N) is 3. The van der Waals surface area contributed by atoms with Gasteiger partial charge in [0.15, 0.2) is 11.5 Å². The van der Waals surface area contributed by atoms with Gasteiger partial charge in [-0.2, -0.15) is 0 Å². The molecule has 1 fully saturated rings. The smallest absolute Gasteiger partial charge is 0.356 e. The maximum Gasteiger partial charge on any atom is 0.356 e. The minimum atomic E-state index is -0.935. The van der Waals surface area contributed by atoms with E-state index in [2.05, 4.69) is 4.98 Å². The highest BCUT2D eigenvalue weighted by molar-refractivity contribution is 5.93. The zero-order chi connectivity index (χ0) is 12.7. The molecule has 1 aliphatic carbocycles. The van der Waals surface area contributed by atoms with Crippen molar-refractivity contribution in [1.82, 2.24) is 9.38 Å². The molecule has 1 aliphatic rings. The molecule has 1 saturated carbocycles. The van der Waals surface area contributed by atoms with Gasteiger partial charge in [-0.15, -0.1) is 0 Å². The Morgan fingerprint density at radius 2 is 2.28 bits per heavy atom. The molecule has 5 nitrogen and oxygen atoms in total. The molecular weight excluding hydrogens is 230 g/mol. The molecule has 2 heterocycles. The van der Waals surface area contributed by atoms with Crippen molar-refractivity contribution >= 4 is 17.4 Å². The number of anilines is 1. The van der Waals surface area contributed by atoms with Crippen molar-refractivity contribution in [3.8, 4) is 0 Å². The van der Waals surface area contributed by atoms with Crippen molar-refractivity contribution in [3.05, 3.63) is 30.1 Å². The summed E-state index contributed by atoms with van der Waals surface area (Å²) in [4.78, 5) is 17.9. The van der Waals surface area contributed by atoms with Gasteiger partial charge in [0, 0.05) is 19.3 Å². The number of carbonyl (C=O) groups is 1. The summed E-state index contributed by atoms with van der Waals surface area (Å²) >= 11 is 0. The Kier molecular flexibility index (Phi) is 2.47. The summed E-state index contributed by atoms with van der Waals surface area (Å²) in [6, 6.07) is 5.92. The molecule has 0 atom stereocenters. The van der Waals surface area contributed by atoms with Crippen molar-refractivity contribution in [2.75, 3.05) is 11.9 Å². The molecule has 0 saturated heterocycles. The Labute approximate surface area is 105 Å². The Bertz CT molecular complexity index is 601. The lowest BCUT2D eigenvalue weighted by molar-refractivity contribution is 0.0690. The molecule has 1 N–H and O–H groups in total. The fraction of sp³-hybridized carbons (Fsp3) is 0.385. The maximum absolute atomic E-state index is 11.4. The second-order valence-corrected chi connectivity index (χ2v) is 4.71. The van der Waals surface area contributed by atoms with Crippen LogP contribution in [-0.4, -0.2) is 33.6 Å². The minimum Gasteiger partial charge on any atom is -0.476 e. The summed E-state index contributed by atoms with van der Waals surface area (Å²) in [5, 5.41) is 9.39. The average Bonchev–Trinajstić information content (AvgIpc) is 2.65. The maximum atomic E-state index is 11.4. The second kappa shape index (κ2) is 4.01. The number of carboxylic acid groups (broad SMARTS) is 1. The molecule has 18 heavy (non-hydrogen) atoms. The van der Waals surface area contributed by atoms with E-state index in [1.807, 2.05) is 30.1 Å². The van der Waals surface area contributed by atoms with Crippen LogP contribution in [0.25, 0.3) is 5.65 Å². The summed E-state index contributed by atoms with van der Waals surface area (Å²) in [6.45, 7) is 0. The zero-order valence-electron chi connectivity index (χ0n) is 10.2. The van der Waals surface area contributed by atoms with Gasteiger partial charge in [-0.3, -0.25) is 4.40 Å². The highest BCUT2D eigenvalue weighted by Gasteiger charge is 2.28. The third-order valence-electron chi connectivity index (χ3n) is 3.67. The molecule has 0 aliphatic heterocycles. The molecular formula is C13H15N3O2. The molecule has 0 aromatic carbocycles. The second-order valence-electron chi connectivity index (χ2n) is 4.71. The van der Waals surface area contributed by atoms with Gasteiger partial charge in [0.2, 0.25) is 0 Å². The zero-order valence-corrected chi connectivity index (χ0v) is 10.2. The van der Waals surface area contributed by atoms with Crippen LogP contribution < -0.4 is 4.90 Å². The Morgan fingerprint density at radius 1 is 1.50 bits per heavy atom. The fourth-order valence-electron chi connectivity index (χ4n) is 2.37. The van der Waals surface area contributed by atoms with Crippen LogP contribution in [-0.2, 0) is 0 Å². The molecule has 3 rings (SSSR count). The van der Waals surface area contributed by atoms with Crippen molar-refractivity contribution in [2.45, 2.75) is 25.3 Å². The molecule has 0 amide bonds. The van der Waals surface area contributed by atoms with E-state index < -0.39 is 5.97 Å². The van der Waals surface area contributed by atoms with E-state index in [1.54, 1.807) is 10.6 Å². The van der Waals surface area contributed by atoms with Crippen LogP contribution in [0.1, 0.15) is 29.8 Å². The highest BCUT2D eigenvalue weighted by atomic mass is 16.4. The van der Waals surface area contributed by atoms with E-state index in [1.165, 1.54) is 6.42 Å². The van der Waals surface area contributed by atoms with E-state index in [0.29, 0.717) is 17.5 Å². The monoisotopic (exact) mass is 245 g/mol. The predicted octanol–water partition coefficient (Wildman–Crippen LogP) is 2.02. The standard InChI is InChI=1S/C13H15N3O2/c1-15(9-5-4-6-9)12-11(13(17)18)16-8-3-2-7-10(16)14-12/h2-3,7-9H,4-6H2,1H3,(H,17,18). The third-order valence-corrected chi connectivity index (χ3v) is 3.67. The summed E-state index contributed by atoms with van der Waals surface area (Å²) in [5.74, 6) is -0.367. The van der Waals surface area contributed by atoms with Crippen molar-refractivity contribution in [1.29, 1.82) is 0 Å². The van der Waals surface area contributed by atoms with E-state index in [0.717, 1.165) is 12.8 Å². The summed E-state index contributed by atoms with van der Waals surface area (Å²) in [7, 11) is 1.93. The van der Waals surface area contributed by atoms with Gasteiger partial charge < -0.3 is 10.0 Å². The fourth-order valence-corrected chi connectivity index (χ4v) is 2.37. The molecule has 0 radical (unpaired) electrons. The van der Waals surface area contributed by atoms with Crippen LogP contribution in [0.2, 0.25) is 0 Å². The first-order valence-corrected chi connectivity index (χ1v) is 6.11. The lowest BCUT2D eigenvalue weighted by Gasteiger charge is -2.35. The first kappa shape index (κ1) is 11.1. The molecule has 2 aromatic rings. The Hall–Kier alpha value is -2.04. The first-order valence-electron chi connectivity index (χ1n) is 6.11.